The summed E-state index contributed by atoms with van der Waals surface area (Å²) < 4.78 is 0.578. The number of aromatic amines is 1. The predicted molar refractivity (Wildman–Crippen MR) is 86.5 cm³/mol. The quantitative estimate of drug-likeness (QED) is 0.772. The molecule has 6 nitrogen and oxygen atoms in total. The van der Waals surface area contributed by atoms with Gasteiger partial charge in [-0.2, -0.15) is 5.26 Å². The molecule has 118 valence electrons. The molecule has 1 aliphatic carbocycles. The van der Waals surface area contributed by atoms with Gasteiger partial charge in [-0.3, -0.25) is 9.59 Å². The zero-order valence-corrected chi connectivity index (χ0v) is 13.5. The highest BCUT2D eigenvalue weighted by Gasteiger charge is 2.38. The van der Waals surface area contributed by atoms with E-state index in [1.54, 1.807) is 11.4 Å². The van der Waals surface area contributed by atoms with E-state index in [2.05, 4.69) is 15.6 Å². The van der Waals surface area contributed by atoms with Crippen LogP contribution in [0.2, 0.25) is 4.34 Å². The van der Waals surface area contributed by atoms with Crippen molar-refractivity contribution >= 4 is 34.8 Å². The van der Waals surface area contributed by atoms with Crippen LogP contribution in [0.5, 0.6) is 0 Å². The van der Waals surface area contributed by atoms with Crippen molar-refractivity contribution in [2.75, 3.05) is 6.54 Å². The molecular weight excluding hydrogens is 336 g/mol. The first kappa shape index (κ1) is 15.6. The number of nitrogens with zero attached hydrogens (tertiary/aromatic N) is 1. The van der Waals surface area contributed by atoms with Crippen molar-refractivity contribution in [2.24, 2.45) is 5.92 Å². The summed E-state index contributed by atoms with van der Waals surface area (Å²) in [5.41, 5.74) is 1.34. The lowest BCUT2D eigenvalue weighted by molar-refractivity contribution is 0.0944. The van der Waals surface area contributed by atoms with Gasteiger partial charge in [0.25, 0.3) is 11.8 Å². The molecule has 2 amide bonds. The van der Waals surface area contributed by atoms with Gasteiger partial charge in [0.15, 0.2) is 0 Å². The smallest absolute Gasteiger partial charge is 0.267 e. The second kappa shape index (κ2) is 6.44. The van der Waals surface area contributed by atoms with E-state index in [9.17, 15) is 9.59 Å². The first-order chi connectivity index (χ1) is 11.1. The highest BCUT2D eigenvalue weighted by Crippen LogP contribution is 2.30. The fraction of sp³-hybridized carbons (Fsp3) is 0.267. The second-order valence-corrected chi connectivity index (χ2v) is 6.88. The molecule has 8 heteroatoms. The number of thiophene rings is 1. The van der Waals surface area contributed by atoms with E-state index in [1.807, 2.05) is 6.07 Å². The molecular formula is C15H13ClN4O2S. The van der Waals surface area contributed by atoms with Crippen LogP contribution in [0.15, 0.2) is 23.7 Å². The van der Waals surface area contributed by atoms with E-state index in [0.717, 1.165) is 6.42 Å². The Morgan fingerprint density at radius 2 is 2.26 bits per heavy atom. The molecule has 1 saturated carbocycles. The van der Waals surface area contributed by atoms with Gasteiger partial charge in [-0.05, 0) is 24.5 Å². The normalized spacial score (nSPS) is 19.0. The molecule has 1 aliphatic rings. The van der Waals surface area contributed by atoms with Crippen LogP contribution in [-0.4, -0.2) is 29.4 Å². The highest BCUT2D eigenvalue weighted by atomic mass is 35.5. The average molecular weight is 349 g/mol. The Kier molecular flexibility index (Phi) is 4.37. The van der Waals surface area contributed by atoms with Crippen molar-refractivity contribution in [1.29, 1.82) is 5.26 Å². The lowest BCUT2D eigenvalue weighted by Crippen LogP contribution is -2.31. The first-order valence-corrected chi connectivity index (χ1v) is 8.24. The minimum absolute atomic E-state index is 0.0442. The molecule has 0 aliphatic heterocycles. The summed E-state index contributed by atoms with van der Waals surface area (Å²) in [7, 11) is 0. The van der Waals surface area contributed by atoms with E-state index in [4.69, 9.17) is 16.9 Å². The summed E-state index contributed by atoms with van der Waals surface area (Å²) in [6, 6.07) is 5.15. The second-order valence-electron chi connectivity index (χ2n) is 5.34. The van der Waals surface area contributed by atoms with Gasteiger partial charge in [0, 0.05) is 24.2 Å². The number of carbonyl (C=O) groups is 2. The van der Waals surface area contributed by atoms with Crippen LogP contribution in [0.3, 0.4) is 0 Å². The van der Waals surface area contributed by atoms with Crippen molar-refractivity contribution in [3.05, 3.63) is 44.9 Å². The van der Waals surface area contributed by atoms with Crippen molar-refractivity contribution in [1.82, 2.24) is 15.6 Å². The fourth-order valence-corrected chi connectivity index (χ4v) is 3.10. The molecule has 3 rings (SSSR count). The van der Waals surface area contributed by atoms with Gasteiger partial charge >= 0.3 is 0 Å². The number of carbonyl (C=O) groups excluding carboxylic acids is 2. The molecule has 3 N–H and O–H groups in total. The number of halogens is 1. The standard InChI is InChI=1S/C15H13ClN4O2S/c16-13-3-10(7-23-13)14(21)19-6-9-2-11(9)20-15(22)12-1-8(4-17)5-18-12/h1,3,5,7,9,11,18H,2,6H2,(H,19,21)(H,20,22)/t9-,11-/m0/s1. The van der Waals surface area contributed by atoms with Crippen LogP contribution >= 0.6 is 22.9 Å². The lowest BCUT2D eigenvalue weighted by atomic mass is 10.3. The number of rotatable bonds is 5. The maximum atomic E-state index is 12.0. The molecule has 23 heavy (non-hydrogen) atoms. The van der Waals surface area contributed by atoms with E-state index in [1.165, 1.54) is 23.6 Å². The Balaban J connectivity index is 1.44. The summed E-state index contributed by atoms with van der Waals surface area (Å²) in [6.45, 7) is 0.505. The van der Waals surface area contributed by atoms with Crippen LogP contribution < -0.4 is 10.6 Å². The van der Waals surface area contributed by atoms with Crippen LogP contribution in [0.4, 0.5) is 0 Å². The molecule has 0 unspecified atom stereocenters. The fourth-order valence-electron chi connectivity index (χ4n) is 2.24. The van der Waals surface area contributed by atoms with Gasteiger partial charge in [0.1, 0.15) is 11.8 Å². The number of amides is 2. The zero-order valence-electron chi connectivity index (χ0n) is 11.9. The topological polar surface area (TPSA) is 97.8 Å². The predicted octanol–water partition coefficient (Wildman–Crippen LogP) is 2.15. The molecule has 0 saturated heterocycles. The molecule has 0 spiro atoms. The Morgan fingerprint density at radius 1 is 1.43 bits per heavy atom. The van der Waals surface area contributed by atoms with Crippen LogP contribution in [0.25, 0.3) is 0 Å². The number of H-pyrrole nitrogens is 1. The molecule has 2 aromatic heterocycles. The van der Waals surface area contributed by atoms with Gasteiger partial charge < -0.3 is 15.6 Å². The number of nitriles is 1. The van der Waals surface area contributed by atoms with Gasteiger partial charge in [-0.15, -0.1) is 11.3 Å². The summed E-state index contributed by atoms with van der Waals surface area (Å²) >= 11 is 7.11. The van der Waals surface area contributed by atoms with Crippen molar-refractivity contribution in [2.45, 2.75) is 12.5 Å². The van der Waals surface area contributed by atoms with Crippen LogP contribution in [0.1, 0.15) is 32.8 Å². The summed E-state index contributed by atoms with van der Waals surface area (Å²) in [4.78, 5) is 26.6. The van der Waals surface area contributed by atoms with E-state index in [-0.39, 0.29) is 23.8 Å². The lowest BCUT2D eigenvalue weighted by Gasteiger charge is -2.05. The number of nitrogens with one attached hydrogen (secondary N) is 3. The first-order valence-electron chi connectivity index (χ1n) is 6.98. The Bertz CT molecular complexity index is 791. The molecule has 2 aromatic rings. The van der Waals surface area contributed by atoms with Crippen molar-refractivity contribution in [3.63, 3.8) is 0 Å². The minimum atomic E-state index is -0.241. The molecule has 0 radical (unpaired) electrons. The van der Waals surface area contributed by atoms with Crippen molar-refractivity contribution in [3.8, 4) is 6.07 Å². The van der Waals surface area contributed by atoms with E-state index >= 15 is 0 Å². The summed E-state index contributed by atoms with van der Waals surface area (Å²) in [5, 5.41) is 16.2. The maximum Gasteiger partial charge on any atom is 0.267 e. The van der Waals surface area contributed by atoms with Gasteiger partial charge in [-0.1, -0.05) is 11.6 Å². The SMILES string of the molecule is N#Cc1c[nH]c(C(=O)N[C@H]2C[C@H]2CNC(=O)c2csc(Cl)c2)c1. The molecule has 2 atom stereocenters. The van der Waals surface area contributed by atoms with Gasteiger partial charge in [0.05, 0.1) is 15.5 Å². The average Bonchev–Trinajstić information content (AvgIpc) is 2.93. The van der Waals surface area contributed by atoms with Crippen LogP contribution in [-0.2, 0) is 0 Å². The molecule has 0 aromatic carbocycles. The van der Waals surface area contributed by atoms with Gasteiger partial charge in [-0.25, -0.2) is 0 Å². The van der Waals surface area contributed by atoms with Gasteiger partial charge in [0.2, 0.25) is 0 Å². The Hall–Kier alpha value is -2.30. The summed E-state index contributed by atoms with van der Waals surface area (Å²) in [5.74, 6) is -0.175. The number of aromatic nitrogens is 1. The maximum absolute atomic E-state index is 12.0. The third-order valence-electron chi connectivity index (χ3n) is 3.65. The zero-order chi connectivity index (χ0) is 16.4. The highest BCUT2D eigenvalue weighted by molar-refractivity contribution is 7.14. The molecule has 0 bridgehead atoms. The molecule has 2 heterocycles. The number of hydrogen-bond acceptors (Lipinski definition) is 4. The minimum Gasteiger partial charge on any atom is -0.356 e. The van der Waals surface area contributed by atoms with E-state index < -0.39 is 0 Å². The third-order valence-corrected chi connectivity index (χ3v) is 4.74. The Labute approximate surface area is 141 Å². The largest absolute Gasteiger partial charge is 0.356 e. The molecule has 1 fully saturated rings. The summed E-state index contributed by atoms with van der Waals surface area (Å²) in [6.07, 6.45) is 2.31. The Morgan fingerprint density at radius 3 is 2.91 bits per heavy atom. The van der Waals surface area contributed by atoms with E-state index in [0.29, 0.717) is 27.7 Å². The van der Waals surface area contributed by atoms with Crippen LogP contribution in [0, 0.1) is 17.2 Å². The number of hydrogen-bond donors (Lipinski definition) is 3. The monoisotopic (exact) mass is 348 g/mol. The third kappa shape index (κ3) is 3.73. The van der Waals surface area contributed by atoms with Crippen molar-refractivity contribution < 1.29 is 9.59 Å².